The van der Waals surface area contributed by atoms with Crippen molar-refractivity contribution in [3.05, 3.63) is 30.0 Å². The van der Waals surface area contributed by atoms with E-state index in [9.17, 15) is 0 Å². The van der Waals surface area contributed by atoms with E-state index in [2.05, 4.69) is 34.3 Å². The molecule has 1 saturated heterocycles. The van der Waals surface area contributed by atoms with Gasteiger partial charge in [-0.25, -0.2) is 0 Å². The largest absolute Gasteiger partial charge is 0.297 e. The Hall–Kier alpha value is -1.86. The van der Waals surface area contributed by atoms with Crippen molar-refractivity contribution in [2.45, 2.75) is 19.4 Å². The lowest BCUT2D eigenvalue weighted by Crippen LogP contribution is -2.32. The van der Waals surface area contributed by atoms with Gasteiger partial charge in [0.2, 0.25) is 0 Å². The van der Waals surface area contributed by atoms with Crippen molar-refractivity contribution in [3.8, 4) is 6.07 Å². The Morgan fingerprint density at radius 3 is 2.79 bits per heavy atom. The van der Waals surface area contributed by atoms with E-state index < -0.39 is 0 Å². The number of rotatable bonds is 2. The molecule has 4 heteroatoms. The third-order valence-corrected chi connectivity index (χ3v) is 3.98. The number of nitrogens with zero attached hydrogens (tertiary/aromatic N) is 4. The maximum atomic E-state index is 8.93. The molecular weight excluding hydrogens is 236 g/mol. The van der Waals surface area contributed by atoms with Crippen molar-refractivity contribution < 1.29 is 0 Å². The number of fused-ring (bicyclic) bond motifs is 1. The van der Waals surface area contributed by atoms with Gasteiger partial charge in [0.25, 0.3) is 0 Å². The second-order valence-electron chi connectivity index (χ2n) is 5.27. The Morgan fingerprint density at radius 1 is 1.32 bits per heavy atom. The maximum absolute atomic E-state index is 8.93. The van der Waals surface area contributed by atoms with Gasteiger partial charge in [0.15, 0.2) is 0 Å². The molecule has 0 atom stereocenters. The molecule has 1 aromatic heterocycles. The van der Waals surface area contributed by atoms with Crippen LogP contribution in [0, 0.1) is 17.2 Å². The van der Waals surface area contributed by atoms with Crippen LogP contribution in [0.4, 0.5) is 0 Å². The molecule has 1 aliphatic rings. The Kier molecular flexibility index (Phi) is 3.22. The fourth-order valence-corrected chi connectivity index (χ4v) is 2.84. The van der Waals surface area contributed by atoms with E-state index in [4.69, 9.17) is 5.26 Å². The maximum Gasteiger partial charge on any atom is 0.0843 e. The predicted octanol–water partition coefficient (Wildman–Crippen LogP) is 2.31. The quantitative estimate of drug-likeness (QED) is 0.826. The Labute approximate surface area is 113 Å². The third-order valence-electron chi connectivity index (χ3n) is 3.98. The standard InChI is InChI=1S/C15H18N4/c1-18-15-5-3-2-4-13(15)14(17-18)11-19-8-6-12(10-16)7-9-19/h2-5,12H,6-9,11H2,1H3. The van der Waals surface area contributed by atoms with Crippen LogP contribution >= 0.6 is 0 Å². The van der Waals surface area contributed by atoms with Gasteiger partial charge in [0.1, 0.15) is 0 Å². The molecule has 0 amide bonds. The highest BCUT2D eigenvalue weighted by Crippen LogP contribution is 2.22. The summed E-state index contributed by atoms with van der Waals surface area (Å²) in [6, 6.07) is 10.7. The molecule has 98 valence electrons. The van der Waals surface area contributed by atoms with Gasteiger partial charge < -0.3 is 0 Å². The molecule has 0 bridgehead atoms. The average Bonchev–Trinajstić information content (AvgIpc) is 2.77. The molecule has 0 radical (unpaired) electrons. The van der Waals surface area contributed by atoms with Gasteiger partial charge in [-0.2, -0.15) is 10.4 Å². The first kappa shape index (κ1) is 12.2. The van der Waals surface area contributed by atoms with Crippen LogP contribution in [0.3, 0.4) is 0 Å². The van der Waals surface area contributed by atoms with Gasteiger partial charge in [0, 0.05) is 24.9 Å². The molecule has 1 aliphatic heterocycles. The molecule has 1 fully saturated rings. The van der Waals surface area contributed by atoms with Gasteiger partial charge in [-0.15, -0.1) is 0 Å². The number of likely N-dealkylation sites (tertiary alicyclic amines) is 1. The third kappa shape index (κ3) is 2.34. The first-order valence-electron chi connectivity index (χ1n) is 6.80. The Bertz CT molecular complexity index is 615. The fourth-order valence-electron chi connectivity index (χ4n) is 2.84. The first-order valence-corrected chi connectivity index (χ1v) is 6.80. The topological polar surface area (TPSA) is 44.9 Å². The molecule has 0 aliphatic carbocycles. The van der Waals surface area contributed by atoms with Crippen LogP contribution in [-0.4, -0.2) is 27.8 Å². The van der Waals surface area contributed by atoms with Crippen molar-refractivity contribution in [2.75, 3.05) is 13.1 Å². The van der Waals surface area contributed by atoms with Gasteiger partial charge in [-0.05, 0) is 32.0 Å². The molecule has 0 spiro atoms. The summed E-state index contributed by atoms with van der Waals surface area (Å²) in [5.41, 5.74) is 2.33. The van der Waals surface area contributed by atoms with Crippen LogP contribution in [0.1, 0.15) is 18.5 Å². The van der Waals surface area contributed by atoms with E-state index in [1.807, 2.05) is 17.8 Å². The van der Waals surface area contributed by atoms with E-state index in [1.165, 1.54) is 10.9 Å². The number of para-hydroxylation sites is 1. The van der Waals surface area contributed by atoms with Crippen molar-refractivity contribution in [2.24, 2.45) is 13.0 Å². The minimum absolute atomic E-state index is 0.247. The second-order valence-corrected chi connectivity index (χ2v) is 5.27. The number of nitriles is 1. The minimum atomic E-state index is 0.247. The monoisotopic (exact) mass is 254 g/mol. The lowest BCUT2D eigenvalue weighted by Gasteiger charge is -2.28. The minimum Gasteiger partial charge on any atom is -0.297 e. The molecule has 0 N–H and O–H groups in total. The molecule has 4 nitrogen and oxygen atoms in total. The highest BCUT2D eigenvalue weighted by molar-refractivity contribution is 5.81. The summed E-state index contributed by atoms with van der Waals surface area (Å²) >= 11 is 0. The number of hydrogen-bond acceptors (Lipinski definition) is 3. The van der Waals surface area contributed by atoms with E-state index in [0.717, 1.165) is 38.2 Å². The van der Waals surface area contributed by atoms with Crippen LogP contribution in [0.25, 0.3) is 10.9 Å². The summed E-state index contributed by atoms with van der Waals surface area (Å²) < 4.78 is 1.95. The van der Waals surface area contributed by atoms with Gasteiger partial charge in [0.05, 0.1) is 17.3 Å². The summed E-state index contributed by atoms with van der Waals surface area (Å²) in [6.45, 7) is 2.89. The van der Waals surface area contributed by atoms with Crippen LogP contribution in [0.5, 0.6) is 0 Å². The highest BCUT2D eigenvalue weighted by Gasteiger charge is 2.20. The zero-order chi connectivity index (χ0) is 13.2. The van der Waals surface area contributed by atoms with Crippen LogP contribution in [0.15, 0.2) is 24.3 Å². The Morgan fingerprint density at radius 2 is 2.05 bits per heavy atom. The summed E-state index contributed by atoms with van der Waals surface area (Å²) in [7, 11) is 1.99. The smallest absolute Gasteiger partial charge is 0.0843 e. The summed E-state index contributed by atoms with van der Waals surface area (Å²) in [5.74, 6) is 0.247. The molecule has 2 heterocycles. The summed E-state index contributed by atoms with van der Waals surface area (Å²) in [5, 5.41) is 14.8. The van der Waals surface area contributed by atoms with E-state index in [1.54, 1.807) is 0 Å². The number of aromatic nitrogens is 2. The molecule has 0 unspecified atom stereocenters. The van der Waals surface area contributed by atoms with Crippen molar-refractivity contribution in [1.82, 2.24) is 14.7 Å². The molecule has 0 saturated carbocycles. The average molecular weight is 254 g/mol. The molecule has 3 rings (SSSR count). The number of aryl methyl sites for hydroxylation is 1. The van der Waals surface area contributed by atoms with Gasteiger partial charge >= 0.3 is 0 Å². The first-order chi connectivity index (χ1) is 9.28. The predicted molar refractivity (Wildman–Crippen MR) is 74.3 cm³/mol. The molecule has 1 aromatic carbocycles. The van der Waals surface area contributed by atoms with Crippen molar-refractivity contribution in [1.29, 1.82) is 5.26 Å². The van der Waals surface area contributed by atoms with Crippen LogP contribution in [0.2, 0.25) is 0 Å². The second kappa shape index (κ2) is 5.02. The highest BCUT2D eigenvalue weighted by atomic mass is 15.3. The Balaban J connectivity index is 1.78. The van der Waals surface area contributed by atoms with E-state index in [-0.39, 0.29) is 5.92 Å². The lowest BCUT2D eigenvalue weighted by atomic mass is 9.98. The van der Waals surface area contributed by atoms with Crippen LogP contribution in [-0.2, 0) is 13.6 Å². The molecule has 2 aromatic rings. The summed E-state index contributed by atoms with van der Waals surface area (Å²) in [4.78, 5) is 2.41. The van der Waals surface area contributed by atoms with Gasteiger partial charge in [-0.3, -0.25) is 9.58 Å². The number of hydrogen-bond donors (Lipinski definition) is 0. The fraction of sp³-hybridized carbons (Fsp3) is 0.467. The number of benzene rings is 1. The van der Waals surface area contributed by atoms with E-state index in [0.29, 0.717) is 0 Å². The van der Waals surface area contributed by atoms with Crippen molar-refractivity contribution in [3.63, 3.8) is 0 Å². The molecular formula is C15H18N4. The van der Waals surface area contributed by atoms with Crippen molar-refractivity contribution >= 4 is 10.9 Å². The number of piperidine rings is 1. The normalized spacial score (nSPS) is 17.7. The molecule has 19 heavy (non-hydrogen) atoms. The van der Waals surface area contributed by atoms with Crippen LogP contribution < -0.4 is 0 Å². The van der Waals surface area contributed by atoms with E-state index >= 15 is 0 Å². The zero-order valence-electron chi connectivity index (χ0n) is 11.2. The lowest BCUT2D eigenvalue weighted by molar-refractivity contribution is 0.196. The summed E-state index contributed by atoms with van der Waals surface area (Å²) in [6.07, 6.45) is 1.97. The SMILES string of the molecule is Cn1nc(CN2CCC(C#N)CC2)c2ccccc21. The zero-order valence-corrected chi connectivity index (χ0v) is 11.2. The van der Waals surface area contributed by atoms with Gasteiger partial charge in [-0.1, -0.05) is 18.2 Å².